The van der Waals surface area contributed by atoms with Crippen molar-refractivity contribution in [3.05, 3.63) is 42.1 Å². The summed E-state index contributed by atoms with van der Waals surface area (Å²) in [5.41, 5.74) is 1.46. The number of aromatic nitrogens is 2. The highest BCUT2D eigenvalue weighted by molar-refractivity contribution is 7.88. The van der Waals surface area contributed by atoms with E-state index in [1.54, 1.807) is 10.4 Å². The summed E-state index contributed by atoms with van der Waals surface area (Å²) in [5.74, 6) is -4.82. The van der Waals surface area contributed by atoms with Gasteiger partial charge in [0, 0.05) is 31.7 Å². The fourth-order valence-electron chi connectivity index (χ4n) is 4.28. The fourth-order valence-corrected chi connectivity index (χ4v) is 5.13. The zero-order valence-corrected chi connectivity index (χ0v) is 21.8. The van der Waals surface area contributed by atoms with Crippen LogP contribution in [-0.2, 0) is 31.7 Å². The van der Waals surface area contributed by atoms with Crippen molar-refractivity contribution in [3.63, 3.8) is 0 Å². The Morgan fingerprint density at radius 3 is 1.88 bits per heavy atom. The van der Waals surface area contributed by atoms with Gasteiger partial charge in [0.25, 0.3) is 0 Å². The minimum absolute atomic E-state index is 0.262. The van der Waals surface area contributed by atoms with Crippen LogP contribution in [0.4, 0.5) is 30.7 Å². The van der Waals surface area contributed by atoms with Crippen molar-refractivity contribution in [2.45, 2.75) is 37.3 Å². The number of alkyl halides is 6. The first-order valence-electron chi connectivity index (χ1n) is 11.3. The molecule has 2 aliphatic heterocycles. The van der Waals surface area contributed by atoms with Gasteiger partial charge in [-0.2, -0.15) is 26.3 Å². The minimum atomic E-state index is -5.08. The molecule has 2 aromatic rings. The SMILES string of the molecule is CN1CCn2c(-c3cccc(F)c3)cnc2C12CCN(S(C)(=O)=O)CC2.O=C(O)C(F)(F)F.O=C(O)C(F)(F)F. The van der Waals surface area contributed by atoms with E-state index in [2.05, 4.69) is 16.5 Å². The molecule has 18 heteroatoms. The molecule has 1 spiro atoms. The summed E-state index contributed by atoms with van der Waals surface area (Å²) in [6.45, 7) is 2.62. The van der Waals surface area contributed by atoms with Gasteiger partial charge in [0.1, 0.15) is 11.6 Å². The first kappa shape index (κ1) is 33.0. The maximum absolute atomic E-state index is 13.7. The zero-order valence-electron chi connectivity index (χ0n) is 21.0. The Labute approximate surface area is 223 Å². The number of hydrogen-bond acceptors (Lipinski definition) is 6. The molecule has 2 N–H and O–H groups in total. The second-order valence-electron chi connectivity index (χ2n) is 8.85. The van der Waals surface area contributed by atoms with E-state index in [1.165, 1.54) is 18.4 Å². The van der Waals surface area contributed by atoms with E-state index in [0.717, 1.165) is 30.2 Å². The summed E-state index contributed by atoms with van der Waals surface area (Å²) in [6.07, 6.45) is -5.68. The van der Waals surface area contributed by atoms with Crippen molar-refractivity contribution in [1.82, 2.24) is 18.8 Å². The molecule has 0 unspecified atom stereocenters. The molecule has 0 saturated carbocycles. The topological polar surface area (TPSA) is 133 Å². The summed E-state index contributed by atoms with van der Waals surface area (Å²) in [4.78, 5) is 24.8. The third-order valence-corrected chi connectivity index (χ3v) is 7.59. The Bertz CT molecular complexity index is 1300. The van der Waals surface area contributed by atoms with Crippen molar-refractivity contribution in [2.75, 3.05) is 32.9 Å². The minimum Gasteiger partial charge on any atom is -0.475 e. The largest absolute Gasteiger partial charge is 0.490 e. The Balaban J connectivity index is 0.000000333. The van der Waals surface area contributed by atoms with Crippen LogP contribution in [-0.4, -0.2) is 94.6 Å². The van der Waals surface area contributed by atoms with E-state index in [1.807, 2.05) is 12.3 Å². The number of hydrogen-bond donors (Lipinski definition) is 2. The van der Waals surface area contributed by atoms with Gasteiger partial charge in [0.2, 0.25) is 10.0 Å². The van der Waals surface area contributed by atoms with E-state index >= 15 is 0 Å². The molecular formula is C22H25F7N4O6S. The molecule has 224 valence electrons. The first-order chi connectivity index (χ1) is 18.2. The Hall–Kier alpha value is -3.25. The Morgan fingerprint density at radius 1 is 0.950 bits per heavy atom. The van der Waals surface area contributed by atoms with Crippen molar-refractivity contribution < 1.29 is 59.0 Å². The number of carbonyl (C=O) groups is 2. The number of rotatable bonds is 2. The molecule has 1 aromatic carbocycles. The highest BCUT2D eigenvalue weighted by atomic mass is 32.2. The third-order valence-electron chi connectivity index (χ3n) is 6.29. The number of sulfonamides is 1. The normalized spacial score (nSPS) is 17.6. The summed E-state index contributed by atoms with van der Waals surface area (Å²) >= 11 is 0. The number of fused-ring (bicyclic) bond motifs is 2. The number of nitrogens with zero attached hydrogens (tertiary/aromatic N) is 4. The standard InChI is InChI=1S/C18H23FN4O2S.2C2HF3O2/c1-21-10-11-23-16(14-4-3-5-15(19)12-14)13-20-17(23)18(21)6-8-22(9-7-18)26(2,24)25;2*3-2(4,5)1(6)7/h3-5,12-13H,6-11H2,1-2H3;2*(H,6,7). The molecule has 1 aromatic heterocycles. The van der Waals surface area contributed by atoms with Gasteiger partial charge in [-0.05, 0) is 32.0 Å². The van der Waals surface area contributed by atoms with Crippen LogP contribution in [0.5, 0.6) is 0 Å². The van der Waals surface area contributed by atoms with Crippen LogP contribution in [0.3, 0.4) is 0 Å². The fraction of sp³-hybridized carbons (Fsp3) is 0.500. The van der Waals surface area contributed by atoms with Crippen LogP contribution >= 0.6 is 0 Å². The number of aliphatic carboxylic acids is 2. The van der Waals surface area contributed by atoms with Gasteiger partial charge in [0.05, 0.1) is 23.7 Å². The molecule has 0 radical (unpaired) electrons. The molecule has 0 atom stereocenters. The molecule has 2 aliphatic rings. The number of piperidine rings is 1. The molecule has 0 bridgehead atoms. The van der Waals surface area contributed by atoms with Gasteiger partial charge >= 0.3 is 24.3 Å². The van der Waals surface area contributed by atoms with Crippen LogP contribution in [0.15, 0.2) is 30.5 Å². The van der Waals surface area contributed by atoms with Crippen LogP contribution in [0.1, 0.15) is 18.7 Å². The van der Waals surface area contributed by atoms with Gasteiger partial charge in [-0.3, -0.25) is 4.90 Å². The molecule has 3 heterocycles. The summed E-state index contributed by atoms with van der Waals surface area (Å²) in [5, 5.41) is 14.2. The lowest BCUT2D eigenvalue weighted by molar-refractivity contribution is -0.193. The molecule has 0 aliphatic carbocycles. The molecule has 1 saturated heterocycles. The van der Waals surface area contributed by atoms with Crippen LogP contribution in [0.25, 0.3) is 11.3 Å². The third kappa shape index (κ3) is 7.91. The predicted octanol–water partition coefficient (Wildman–Crippen LogP) is 3.15. The van der Waals surface area contributed by atoms with Crippen molar-refractivity contribution in [1.29, 1.82) is 0 Å². The number of benzene rings is 1. The number of likely N-dealkylation sites (N-methyl/N-ethyl adjacent to an activating group) is 1. The van der Waals surface area contributed by atoms with E-state index in [4.69, 9.17) is 24.8 Å². The van der Waals surface area contributed by atoms with E-state index in [0.29, 0.717) is 25.9 Å². The van der Waals surface area contributed by atoms with Crippen molar-refractivity contribution in [3.8, 4) is 11.3 Å². The number of carboxylic acids is 2. The lowest BCUT2D eigenvalue weighted by Gasteiger charge is -2.49. The monoisotopic (exact) mass is 606 g/mol. The maximum atomic E-state index is 13.7. The van der Waals surface area contributed by atoms with E-state index in [9.17, 15) is 39.2 Å². The van der Waals surface area contributed by atoms with Crippen LogP contribution in [0, 0.1) is 5.82 Å². The van der Waals surface area contributed by atoms with E-state index < -0.39 is 34.3 Å². The number of carboxylic acid groups (broad SMARTS) is 2. The molecule has 10 nitrogen and oxygen atoms in total. The predicted molar refractivity (Wildman–Crippen MR) is 125 cm³/mol. The highest BCUT2D eigenvalue weighted by Crippen LogP contribution is 2.41. The van der Waals surface area contributed by atoms with Crippen LogP contribution in [0.2, 0.25) is 0 Å². The second kappa shape index (κ2) is 12.1. The molecule has 4 rings (SSSR count). The van der Waals surface area contributed by atoms with Crippen LogP contribution < -0.4 is 0 Å². The molecule has 1 fully saturated rings. The molecule has 0 amide bonds. The van der Waals surface area contributed by atoms with Gasteiger partial charge in [0.15, 0.2) is 0 Å². The summed E-state index contributed by atoms with van der Waals surface area (Å²) < 4.78 is 105. The Kier molecular flexibility index (Phi) is 9.96. The average molecular weight is 607 g/mol. The average Bonchev–Trinajstić information content (AvgIpc) is 3.26. The molecule has 40 heavy (non-hydrogen) atoms. The van der Waals surface area contributed by atoms with Gasteiger partial charge in [-0.25, -0.2) is 31.7 Å². The maximum Gasteiger partial charge on any atom is 0.490 e. The zero-order chi connectivity index (χ0) is 30.7. The summed E-state index contributed by atoms with van der Waals surface area (Å²) in [7, 11) is -1.09. The van der Waals surface area contributed by atoms with Gasteiger partial charge < -0.3 is 14.8 Å². The van der Waals surface area contributed by atoms with Crippen molar-refractivity contribution >= 4 is 22.0 Å². The number of imidazole rings is 1. The quantitative estimate of drug-likeness (QED) is 0.499. The smallest absolute Gasteiger partial charge is 0.475 e. The lowest BCUT2D eigenvalue weighted by atomic mass is 9.84. The lowest BCUT2D eigenvalue weighted by Crippen LogP contribution is -2.56. The highest BCUT2D eigenvalue weighted by Gasteiger charge is 2.47. The van der Waals surface area contributed by atoms with E-state index in [-0.39, 0.29) is 11.4 Å². The second-order valence-corrected chi connectivity index (χ2v) is 10.8. The van der Waals surface area contributed by atoms with Gasteiger partial charge in [-0.1, -0.05) is 12.1 Å². The Morgan fingerprint density at radius 2 is 1.45 bits per heavy atom. The first-order valence-corrected chi connectivity index (χ1v) is 13.1. The molecular weight excluding hydrogens is 581 g/mol. The summed E-state index contributed by atoms with van der Waals surface area (Å²) in [6, 6.07) is 6.57. The van der Waals surface area contributed by atoms with Crippen molar-refractivity contribution in [2.24, 2.45) is 0 Å². The van der Waals surface area contributed by atoms with Gasteiger partial charge in [-0.15, -0.1) is 0 Å². The number of halogens is 7.